The predicted octanol–water partition coefficient (Wildman–Crippen LogP) is 0.683. The van der Waals surface area contributed by atoms with E-state index in [2.05, 4.69) is 0 Å². The van der Waals surface area contributed by atoms with Gasteiger partial charge in [-0.2, -0.15) is 11.8 Å². The molecule has 0 spiro atoms. The summed E-state index contributed by atoms with van der Waals surface area (Å²) < 4.78 is 0. The summed E-state index contributed by atoms with van der Waals surface area (Å²) in [5.41, 5.74) is 0. The van der Waals surface area contributed by atoms with Crippen LogP contribution in [0.5, 0.6) is 0 Å². The summed E-state index contributed by atoms with van der Waals surface area (Å²) in [6, 6.07) is 0. The van der Waals surface area contributed by atoms with Gasteiger partial charge in [-0.3, -0.25) is 9.59 Å². The quantitative estimate of drug-likeness (QED) is 0.614. The molecule has 2 fully saturated rings. The fourth-order valence-electron chi connectivity index (χ4n) is 1.83. The third-order valence-corrected chi connectivity index (χ3v) is 3.96. The van der Waals surface area contributed by atoms with Gasteiger partial charge in [-0.05, 0) is 18.6 Å². The van der Waals surface area contributed by atoms with Crippen LogP contribution in [-0.2, 0) is 9.59 Å². The van der Waals surface area contributed by atoms with E-state index in [9.17, 15) is 9.59 Å². The molecule has 2 aliphatic rings. The molecule has 0 aliphatic carbocycles. The van der Waals surface area contributed by atoms with Gasteiger partial charge < -0.3 is 4.90 Å². The molecule has 2 rings (SSSR count). The highest BCUT2D eigenvalue weighted by Gasteiger charge is 2.31. The van der Waals surface area contributed by atoms with E-state index >= 15 is 0 Å². The molecule has 2 aliphatic heterocycles. The molecule has 0 bridgehead atoms. The highest BCUT2D eigenvalue weighted by atomic mass is 32.2. The Morgan fingerprint density at radius 2 is 2.31 bits per heavy atom. The number of hydrogen-bond donors (Lipinski definition) is 0. The molecule has 13 heavy (non-hydrogen) atoms. The van der Waals surface area contributed by atoms with Gasteiger partial charge in [-0.25, -0.2) is 0 Å². The Hall–Kier alpha value is -0.510. The number of likely N-dealkylation sites (tertiary alicyclic amines) is 1. The van der Waals surface area contributed by atoms with E-state index in [4.69, 9.17) is 0 Å². The third-order valence-electron chi connectivity index (χ3n) is 2.58. The van der Waals surface area contributed by atoms with Crippen molar-refractivity contribution in [2.24, 2.45) is 0 Å². The lowest BCUT2D eigenvalue weighted by Crippen LogP contribution is -2.32. The minimum Gasteiger partial charge on any atom is -0.335 e. The number of carbonyl (C=O) groups is 2. The molecule has 4 heteroatoms. The molecule has 2 heterocycles. The lowest BCUT2D eigenvalue weighted by atomic mass is 10.2. The van der Waals surface area contributed by atoms with Crippen LogP contribution in [-0.4, -0.2) is 40.7 Å². The Kier molecular flexibility index (Phi) is 2.58. The number of thioether (sulfide) groups is 1. The Morgan fingerprint density at radius 3 is 2.85 bits per heavy atom. The van der Waals surface area contributed by atoms with E-state index in [0.29, 0.717) is 18.2 Å². The standard InChI is InChI=1S/C9H13NO2S/c11-8-3-4-10(9(8)12)6-7-2-1-5-13-7/h7H,1-6H2. The largest absolute Gasteiger partial charge is 0.335 e. The number of Topliss-reactive ketones (excluding diaryl/α,β-unsaturated/α-hetero) is 1. The van der Waals surface area contributed by atoms with Crippen molar-refractivity contribution in [3.63, 3.8) is 0 Å². The van der Waals surface area contributed by atoms with Gasteiger partial charge in [0.15, 0.2) is 0 Å². The molecule has 1 atom stereocenters. The van der Waals surface area contributed by atoms with Crippen LogP contribution in [0.25, 0.3) is 0 Å². The Bertz CT molecular complexity index is 236. The lowest BCUT2D eigenvalue weighted by molar-refractivity contribution is -0.139. The number of rotatable bonds is 2. The summed E-state index contributed by atoms with van der Waals surface area (Å²) in [6.45, 7) is 1.43. The maximum atomic E-state index is 11.3. The molecular formula is C9H13NO2S. The number of hydrogen-bond acceptors (Lipinski definition) is 3. The zero-order valence-corrected chi connectivity index (χ0v) is 8.31. The zero-order valence-electron chi connectivity index (χ0n) is 7.49. The van der Waals surface area contributed by atoms with Crippen LogP contribution in [0.3, 0.4) is 0 Å². The molecule has 0 radical (unpaired) electrons. The smallest absolute Gasteiger partial charge is 0.290 e. The first-order chi connectivity index (χ1) is 6.27. The Morgan fingerprint density at radius 1 is 1.46 bits per heavy atom. The fourth-order valence-corrected chi connectivity index (χ4v) is 3.12. The fraction of sp³-hybridized carbons (Fsp3) is 0.778. The lowest BCUT2D eigenvalue weighted by Gasteiger charge is -2.18. The van der Waals surface area contributed by atoms with Gasteiger partial charge in [0.05, 0.1) is 0 Å². The Balaban J connectivity index is 1.87. The van der Waals surface area contributed by atoms with E-state index in [1.165, 1.54) is 18.6 Å². The van der Waals surface area contributed by atoms with Crippen molar-refractivity contribution >= 4 is 23.5 Å². The molecule has 0 aromatic carbocycles. The summed E-state index contributed by atoms with van der Waals surface area (Å²) in [7, 11) is 0. The molecule has 0 saturated carbocycles. The highest BCUT2D eigenvalue weighted by molar-refractivity contribution is 8.00. The van der Waals surface area contributed by atoms with Gasteiger partial charge in [-0.1, -0.05) is 0 Å². The van der Waals surface area contributed by atoms with Crippen molar-refractivity contribution in [1.29, 1.82) is 0 Å². The van der Waals surface area contributed by atoms with E-state index in [1.807, 2.05) is 11.8 Å². The molecule has 1 unspecified atom stereocenters. The minimum atomic E-state index is -0.257. The first kappa shape index (κ1) is 9.06. The van der Waals surface area contributed by atoms with Crippen molar-refractivity contribution in [1.82, 2.24) is 4.90 Å². The summed E-state index contributed by atoms with van der Waals surface area (Å²) in [4.78, 5) is 23.9. The minimum absolute atomic E-state index is 0.206. The molecule has 0 aromatic heterocycles. The van der Waals surface area contributed by atoms with Crippen molar-refractivity contribution in [3.05, 3.63) is 0 Å². The average Bonchev–Trinajstić information content (AvgIpc) is 2.71. The zero-order chi connectivity index (χ0) is 9.26. The summed E-state index contributed by atoms with van der Waals surface area (Å²) >= 11 is 1.93. The van der Waals surface area contributed by atoms with Gasteiger partial charge >= 0.3 is 0 Å². The van der Waals surface area contributed by atoms with Crippen molar-refractivity contribution < 1.29 is 9.59 Å². The van der Waals surface area contributed by atoms with E-state index in [0.717, 1.165) is 6.54 Å². The molecule has 0 N–H and O–H groups in total. The summed E-state index contributed by atoms with van der Waals surface area (Å²) in [5.74, 6) is 0.746. The molecule has 2 saturated heterocycles. The van der Waals surface area contributed by atoms with E-state index < -0.39 is 0 Å². The summed E-state index contributed by atoms with van der Waals surface area (Å²) in [5, 5.41) is 0.579. The average molecular weight is 199 g/mol. The van der Waals surface area contributed by atoms with E-state index in [-0.39, 0.29) is 11.7 Å². The van der Waals surface area contributed by atoms with Crippen LogP contribution in [0.2, 0.25) is 0 Å². The van der Waals surface area contributed by atoms with Crippen LogP contribution in [0.15, 0.2) is 0 Å². The van der Waals surface area contributed by atoms with Crippen LogP contribution >= 0.6 is 11.8 Å². The second-order valence-electron chi connectivity index (χ2n) is 3.56. The first-order valence-corrected chi connectivity index (χ1v) is 5.76. The topological polar surface area (TPSA) is 37.4 Å². The van der Waals surface area contributed by atoms with Gasteiger partial charge in [0, 0.05) is 24.8 Å². The maximum Gasteiger partial charge on any atom is 0.290 e. The van der Waals surface area contributed by atoms with Gasteiger partial charge in [0.2, 0.25) is 5.78 Å². The summed E-state index contributed by atoms with van der Waals surface area (Å²) in [6.07, 6.45) is 2.88. The Labute approximate surface area is 81.9 Å². The first-order valence-electron chi connectivity index (χ1n) is 4.71. The van der Waals surface area contributed by atoms with Gasteiger partial charge in [-0.15, -0.1) is 0 Å². The maximum absolute atomic E-state index is 11.3. The molecule has 1 amide bonds. The second-order valence-corrected chi connectivity index (χ2v) is 4.97. The number of amides is 1. The molecule has 72 valence electrons. The number of ketones is 1. The van der Waals surface area contributed by atoms with Crippen LogP contribution < -0.4 is 0 Å². The molecule has 0 aromatic rings. The monoisotopic (exact) mass is 199 g/mol. The highest BCUT2D eigenvalue weighted by Crippen LogP contribution is 2.27. The van der Waals surface area contributed by atoms with Crippen molar-refractivity contribution in [3.8, 4) is 0 Å². The predicted molar refractivity (Wildman–Crippen MR) is 51.7 cm³/mol. The van der Waals surface area contributed by atoms with Crippen LogP contribution in [0.4, 0.5) is 0 Å². The normalized spacial score (nSPS) is 28.9. The molecular weight excluding hydrogens is 186 g/mol. The van der Waals surface area contributed by atoms with Gasteiger partial charge in [0.1, 0.15) is 0 Å². The van der Waals surface area contributed by atoms with Crippen LogP contribution in [0, 0.1) is 0 Å². The number of nitrogens with zero attached hydrogens (tertiary/aromatic N) is 1. The van der Waals surface area contributed by atoms with Gasteiger partial charge in [0.25, 0.3) is 5.91 Å². The molecule has 3 nitrogen and oxygen atoms in total. The van der Waals surface area contributed by atoms with E-state index in [1.54, 1.807) is 4.90 Å². The van der Waals surface area contributed by atoms with Crippen molar-refractivity contribution in [2.75, 3.05) is 18.8 Å². The second kappa shape index (κ2) is 3.70. The van der Waals surface area contributed by atoms with Crippen molar-refractivity contribution in [2.45, 2.75) is 24.5 Å². The SMILES string of the molecule is O=C1CCN(CC2CCCS2)C1=O. The third kappa shape index (κ3) is 1.88. The number of carbonyl (C=O) groups excluding carboxylic acids is 2. The van der Waals surface area contributed by atoms with Crippen LogP contribution in [0.1, 0.15) is 19.3 Å².